The molecule has 1 unspecified atom stereocenters. The highest BCUT2D eigenvalue weighted by Crippen LogP contribution is 2.41. The zero-order valence-corrected chi connectivity index (χ0v) is 22.7. The summed E-state index contributed by atoms with van der Waals surface area (Å²) >= 11 is 0. The molecule has 1 amide bonds. The summed E-state index contributed by atoms with van der Waals surface area (Å²) in [4.78, 5) is 28.1. The molecule has 198 valence electrons. The molecule has 0 spiro atoms. The van der Waals surface area contributed by atoms with Gasteiger partial charge in [-0.15, -0.1) is 0 Å². The average Bonchev–Trinajstić information content (AvgIpc) is 3.10. The van der Waals surface area contributed by atoms with Crippen LogP contribution in [0.5, 0.6) is 5.75 Å². The molecule has 1 heterocycles. The van der Waals surface area contributed by atoms with Gasteiger partial charge < -0.3 is 14.7 Å². The molecular formula is C32H34FNO4. The fourth-order valence-corrected chi connectivity index (χ4v) is 4.68. The molecule has 3 aromatic rings. The SMILES string of the molecule is Cc1cc(/C(O)=C2/C(=O)C(=O)N(Cc3ccc(F)cc3)C2c2ccc(C(C)(C)C)cc2)ccc1OC(C)C. The van der Waals surface area contributed by atoms with Crippen molar-refractivity contribution in [2.24, 2.45) is 0 Å². The molecule has 1 N–H and O–H groups in total. The fourth-order valence-electron chi connectivity index (χ4n) is 4.68. The summed E-state index contributed by atoms with van der Waals surface area (Å²) in [7, 11) is 0. The number of hydrogen-bond donors (Lipinski definition) is 1. The normalized spacial score (nSPS) is 17.4. The van der Waals surface area contributed by atoms with Crippen molar-refractivity contribution in [1.82, 2.24) is 4.90 Å². The number of carbonyl (C=O) groups excluding carboxylic acids is 2. The number of halogens is 1. The van der Waals surface area contributed by atoms with Crippen molar-refractivity contribution < 1.29 is 23.8 Å². The Labute approximate surface area is 223 Å². The first-order chi connectivity index (χ1) is 17.9. The number of aliphatic hydroxyl groups excluding tert-OH is 1. The number of benzene rings is 3. The van der Waals surface area contributed by atoms with Crippen LogP contribution in [-0.2, 0) is 21.5 Å². The van der Waals surface area contributed by atoms with Gasteiger partial charge in [-0.3, -0.25) is 9.59 Å². The Bertz CT molecular complexity index is 1380. The monoisotopic (exact) mass is 515 g/mol. The van der Waals surface area contributed by atoms with E-state index in [-0.39, 0.29) is 35.2 Å². The number of rotatable bonds is 6. The van der Waals surface area contributed by atoms with Crippen molar-refractivity contribution >= 4 is 17.4 Å². The summed E-state index contributed by atoms with van der Waals surface area (Å²) in [6.45, 7) is 12.1. The molecule has 4 rings (SSSR count). The zero-order chi connectivity index (χ0) is 27.8. The maximum Gasteiger partial charge on any atom is 0.295 e. The van der Waals surface area contributed by atoms with Gasteiger partial charge in [-0.05, 0) is 78.8 Å². The van der Waals surface area contributed by atoms with E-state index >= 15 is 0 Å². The lowest BCUT2D eigenvalue weighted by Gasteiger charge is -2.26. The third kappa shape index (κ3) is 5.49. The lowest BCUT2D eigenvalue weighted by molar-refractivity contribution is -0.140. The Balaban J connectivity index is 1.83. The minimum Gasteiger partial charge on any atom is -0.507 e. The lowest BCUT2D eigenvalue weighted by Crippen LogP contribution is -2.29. The van der Waals surface area contributed by atoms with E-state index in [0.29, 0.717) is 22.4 Å². The number of ether oxygens (including phenoxy) is 1. The van der Waals surface area contributed by atoms with Crippen LogP contribution in [0.2, 0.25) is 0 Å². The highest BCUT2D eigenvalue weighted by Gasteiger charge is 2.46. The molecule has 38 heavy (non-hydrogen) atoms. The van der Waals surface area contributed by atoms with Crippen LogP contribution in [0.15, 0.2) is 72.3 Å². The first kappa shape index (κ1) is 27.1. The first-order valence-corrected chi connectivity index (χ1v) is 12.8. The van der Waals surface area contributed by atoms with Gasteiger partial charge >= 0.3 is 0 Å². The molecular weight excluding hydrogens is 481 g/mol. The third-order valence-electron chi connectivity index (χ3n) is 6.71. The second kappa shape index (κ2) is 10.4. The number of likely N-dealkylation sites (tertiary alicyclic amines) is 1. The molecule has 0 aliphatic carbocycles. The maximum absolute atomic E-state index is 13.5. The quantitative estimate of drug-likeness (QED) is 0.222. The summed E-state index contributed by atoms with van der Waals surface area (Å²) in [5.41, 5.74) is 3.66. The molecule has 1 fully saturated rings. The van der Waals surface area contributed by atoms with Gasteiger partial charge in [0.25, 0.3) is 11.7 Å². The Morgan fingerprint density at radius 2 is 1.63 bits per heavy atom. The van der Waals surface area contributed by atoms with E-state index in [1.807, 2.05) is 45.0 Å². The summed E-state index contributed by atoms with van der Waals surface area (Å²) < 4.78 is 19.3. The molecule has 6 heteroatoms. The predicted octanol–water partition coefficient (Wildman–Crippen LogP) is 6.84. The number of Topliss-reactive ketones (excluding diaryl/α,β-unsaturated/α-hetero) is 1. The molecule has 1 atom stereocenters. The highest BCUT2D eigenvalue weighted by molar-refractivity contribution is 6.46. The van der Waals surface area contributed by atoms with Gasteiger partial charge in [-0.25, -0.2) is 4.39 Å². The molecule has 0 aromatic heterocycles. The van der Waals surface area contributed by atoms with Crippen molar-refractivity contribution in [3.63, 3.8) is 0 Å². The van der Waals surface area contributed by atoms with Gasteiger partial charge in [-0.1, -0.05) is 57.2 Å². The molecule has 0 bridgehead atoms. The summed E-state index contributed by atoms with van der Waals surface area (Å²) in [5, 5.41) is 11.4. The van der Waals surface area contributed by atoms with E-state index in [1.165, 1.54) is 17.0 Å². The number of aliphatic hydroxyl groups is 1. The number of carbonyl (C=O) groups is 2. The van der Waals surface area contributed by atoms with E-state index in [1.54, 1.807) is 30.3 Å². The standard InChI is InChI=1S/C32H34FNO4/c1-19(2)38-26-16-11-23(17-20(26)3)29(35)27-28(22-9-12-24(13-10-22)32(4,5)6)34(31(37)30(27)36)18-21-7-14-25(33)15-8-21/h7-17,19,28,35H,18H2,1-6H3/b29-27-. The van der Waals surface area contributed by atoms with E-state index < -0.39 is 17.7 Å². The van der Waals surface area contributed by atoms with Gasteiger partial charge in [0, 0.05) is 12.1 Å². The molecule has 1 saturated heterocycles. The van der Waals surface area contributed by atoms with Crippen molar-refractivity contribution in [3.05, 3.63) is 106 Å². The van der Waals surface area contributed by atoms with Crippen LogP contribution < -0.4 is 4.74 Å². The van der Waals surface area contributed by atoms with Crippen LogP contribution >= 0.6 is 0 Å². The van der Waals surface area contributed by atoms with Gasteiger partial charge in [0.05, 0.1) is 17.7 Å². The van der Waals surface area contributed by atoms with Crippen molar-refractivity contribution in [2.45, 2.75) is 65.6 Å². The van der Waals surface area contributed by atoms with E-state index in [2.05, 4.69) is 20.8 Å². The Kier molecular flexibility index (Phi) is 7.45. The zero-order valence-electron chi connectivity index (χ0n) is 22.7. The number of ketones is 1. The molecule has 3 aromatic carbocycles. The number of aryl methyl sites for hydroxylation is 1. The fraction of sp³-hybridized carbons (Fsp3) is 0.312. The summed E-state index contributed by atoms with van der Waals surface area (Å²) in [5.74, 6) is -1.41. The average molecular weight is 516 g/mol. The van der Waals surface area contributed by atoms with Crippen LogP contribution in [0, 0.1) is 12.7 Å². The highest BCUT2D eigenvalue weighted by atomic mass is 19.1. The lowest BCUT2D eigenvalue weighted by atomic mass is 9.85. The van der Waals surface area contributed by atoms with Crippen LogP contribution in [0.3, 0.4) is 0 Å². The van der Waals surface area contributed by atoms with Crippen molar-refractivity contribution in [1.29, 1.82) is 0 Å². The Morgan fingerprint density at radius 3 is 2.18 bits per heavy atom. The number of nitrogens with zero attached hydrogens (tertiary/aromatic N) is 1. The van der Waals surface area contributed by atoms with E-state index in [9.17, 15) is 19.1 Å². The minimum absolute atomic E-state index is 0.0130. The van der Waals surface area contributed by atoms with Crippen LogP contribution in [0.4, 0.5) is 4.39 Å². The largest absolute Gasteiger partial charge is 0.507 e. The Hall–Kier alpha value is -3.93. The number of hydrogen-bond acceptors (Lipinski definition) is 4. The van der Waals surface area contributed by atoms with Crippen LogP contribution in [0.25, 0.3) is 5.76 Å². The van der Waals surface area contributed by atoms with Crippen LogP contribution in [-0.4, -0.2) is 27.8 Å². The summed E-state index contributed by atoms with van der Waals surface area (Å²) in [6.07, 6.45) is -0.0130. The summed E-state index contributed by atoms with van der Waals surface area (Å²) in [6, 6.07) is 18.0. The van der Waals surface area contributed by atoms with E-state index in [4.69, 9.17) is 4.74 Å². The molecule has 0 radical (unpaired) electrons. The van der Waals surface area contributed by atoms with Gasteiger partial charge in [0.1, 0.15) is 17.3 Å². The number of amides is 1. The Morgan fingerprint density at radius 1 is 1.00 bits per heavy atom. The van der Waals surface area contributed by atoms with E-state index in [0.717, 1.165) is 11.1 Å². The second-order valence-corrected chi connectivity index (χ2v) is 11.1. The molecule has 1 aliphatic heterocycles. The van der Waals surface area contributed by atoms with Crippen molar-refractivity contribution in [3.8, 4) is 5.75 Å². The van der Waals surface area contributed by atoms with Gasteiger partial charge in [-0.2, -0.15) is 0 Å². The van der Waals surface area contributed by atoms with Gasteiger partial charge in [0.2, 0.25) is 0 Å². The third-order valence-corrected chi connectivity index (χ3v) is 6.71. The topological polar surface area (TPSA) is 66.8 Å². The maximum atomic E-state index is 13.5. The molecule has 0 saturated carbocycles. The molecule has 5 nitrogen and oxygen atoms in total. The smallest absolute Gasteiger partial charge is 0.295 e. The predicted molar refractivity (Wildman–Crippen MR) is 146 cm³/mol. The minimum atomic E-state index is -0.805. The first-order valence-electron chi connectivity index (χ1n) is 12.8. The second-order valence-electron chi connectivity index (χ2n) is 11.1. The molecule has 1 aliphatic rings. The van der Waals surface area contributed by atoms with Crippen molar-refractivity contribution in [2.75, 3.05) is 0 Å². The van der Waals surface area contributed by atoms with Gasteiger partial charge in [0.15, 0.2) is 0 Å². The van der Waals surface area contributed by atoms with Crippen LogP contribution in [0.1, 0.15) is 68.5 Å².